The zero-order valence-corrected chi connectivity index (χ0v) is 11.4. The minimum atomic E-state index is -2.81. The van der Waals surface area contributed by atoms with Crippen LogP contribution in [0.3, 0.4) is 0 Å². The van der Waals surface area contributed by atoms with E-state index in [9.17, 15) is 8.78 Å². The van der Waals surface area contributed by atoms with E-state index < -0.39 is 6.61 Å². The first kappa shape index (κ1) is 17.1. The third kappa shape index (κ3) is 5.65. The second-order valence-electron chi connectivity index (χ2n) is 4.49. The summed E-state index contributed by atoms with van der Waals surface area (Å²) in [6.07, 6.45) is 1.73. The van der Waals surface area contributed by atoms with Gasteiger partial charge in [-0.3, -0.25) is 0 Å². The Labute approximate surface area is 113 Å². The molecule has 18 heavy (non-hydrogen) atoms. The molecule has 0 saturated heterocycles. The van der Waals surface area contributed by atoms with Crippen molar-refractivity contribution in [3.8, 4) is 5.75 Å². The van der Waals surface area contributed by atoms with E-state index in [1.165, 1.54) is 6.07 Å². The van der Waals surface area contributed by atoms with Crippen LogP contribution in [0.1, 0.15) is 38.3 Å². The van der Waals surface area contributed by atoms with Crippen LogP contribution >= 0.6 is 12.4 Å². The first-order valence-corrected chi connectivity index (χ1v) is 5.80. The fourth-order valence-corrected chi connectivity index (χ4v) is 1.66. The fourth-order valence-electron chi connectivity index (χ4n) is 1.66. The van der Waals surface area contributed by atoms with Gasteiger partial charge in [-0.05, 0) is 24.8 Å². The van der Waals surface area contributed by atoms with Gasteiger partial charge in [0.05, 0.1) is 0 Å². The molecule has 0 aliphatic carbocycles. The molecule has 2 N–H and O–H groups in total. The summed E-state index contributed by atoms with van der Waals surface area (Å²) < 4.78 is 28.9. The van der Waals surface area contributed by atoms with Crippen LogP contribution in [0, 0.1) is 5.92 Å². The highest BCUT2D eigenvalue weighted by Gasteiger charge is 2.14. The number of hydrogen-bond acceptors (Lipinski definition) is 2. The predicted octanol–water partition coefficient (Wildman–Crippen LogP) is 4.15. The standard InChI is InChI=1S/C13H19F2NO.ClH/c1-9(2)7-8-11(16)10-5-3-4-6-12(10)17-13(14)15;/h3-6,9,11,13H,7-8,16H2,1-2H3;1H/t11-;/m0./s1. The Morgan fingerprint density at radius 2 is 1.78 bits per heavy atom. The van der Waals surface area contributed by atoms with E-state index in [0.29, 0.717) is 11.5 Å². The lowest BCUT2D eigenvalue weighted by Crippen LogP contribution is -2.14. The van der Waals surface area contributed by atoms with Gasteiger partial charge in [-0.1, -0.05) is 32.0 Å². The average Bonchev–Trinajstić information content (AvgIpc) is 2.25. The van der Waals surface area contributed by atoms with Crippen LogP contribution in [0.25, 0.3) is 0 Å². The number of ether oxygens (including phenoxy) is 1. The predicted molar refractivity (Wildman–Crippen MR) is 71.3 cm³/mol. The Balaban J connectivity index is 0.00000289. The van der Waals surface area contributed by atoms with Crippen LogP contribution in [0.15, 0.2) is 24.3 Å². The summed E-state index contributed by atoms with van der Waals surface area (Å²) >= 11 is 0. The highest BCUT2D eigenvalue weighted by Crippen LogP contribution is 2.28. The molecule has 0 aromatic heterocycles. The van der Waals surface area contributed by atoms with Crippen LogP contribution in [-0.2, 0) is 0 Å². The normalized spacial score (nSPS) is 12.4. The van der Waals surface area contributed by atoms with Crippen molar-refractivity contribution in [1.82, 2.24) is 0 Å². The topological polar surface area (TPSA) is 35.2 Å². The Kier molecular flexibility index (Phi) is 7.87. The van der Waals surface area contributed by atoms with E-state index in [1.54, 1.807) is 18.2 Å². The highest BCUT2D eigenvalue weighted by molar-refractivity contribution is 5.85. The summed E-state index contributed by atoms with van der Waals surface area (Å²) in [5.41, 5.74) is 6.64. The minimum absolute atomic E-state index is 0. The molecule has 0 radical (unpaired) electrons. The third-order valence-electron chi connectivity index (χ3n) is 2.59. The molecule has 0 aliphatic rings. The Bertz CT molecular complexity index is 348. The largest absolute Gasteiger partial charge is 0.434 e. The quantitative estimate of drug-likeness (QED) is 0.849. The molecule has 0 saturated carbocycles. The second-order valence-corrected chi connectivity index (χ2v) is 4.49. The highest BCUT2D eigenvalue weighted by atomic mass is 35.5. The maximum absolute atomic E-state index is 12.2. The lowest BCUT2D eigenvalue weighted by molar-refractivity contribution is -0.0506. The van der Waals surface area contributed by atoms with Gasteiger partial charge in [0.2, 0.25) is 0 Å². The molecule has 1 aromatic carbocycles. The van der Waals surface area contributed by atoms with Gasteiger partial charge in [0.1, 0.15) is 5.75 Å². The molecule has 0 unspecified atom stereocenters. The number of halogens is 3. The van der Waals surface area contributed by atoms with Crippen molar-refractivity contribution in [2.75, 3.05) is 0 Å². The van der Waals surface area contributed by atoms with E-state index in [-0.39, 0.29) is 24.2 Å². The molecule has 2 nitrogen and oxygen atoms in total. The van der Waals surface area contributed by atoms with Crippen molar-refractivity contribution in [3.05, 3.63) is 29.8 Å². The summed E-state index contributed by atoms with van der Waals surface area (Å²) in [5, 5.41) is 0. The van der Waals surface area contributed by atoms with Crippen molar-refractivity contribution >= 4 is 12.4 Å². The molecule has 0 bridgehead atoms. The molecule has 0 heterocycles. The molecule has 1 rings (SSSR count). The van der Waals surface area contributed by atoms with Gasteiger partial charge in [-0.2, -0.15) is 8.78 Å². The van der Waals surface area contributed by atoms with Gasteiger partial charge >= 0.3 is 6.61 Å². The van der Waals surface area contributed by atoms with Crippen LogP contribution in [0.4, 0.5) is 8.78 Å². The summed E-state index contributed by atoms with van der Waals surface area (Å²) in [4.78, 5) is 0. The maximum atomic E-state index is 12.2. The summed E-state index contributed by atoms with van der Waals surface area (Å²) in [7, 11) is 0. The van der Waals surface area contributed by atoms with Gasteiger partial charge in [0.25, 0.3) is 0 Å². The lowest BCUT2D eigenvalue weighted by atomic mass is 9.98. The maximum Gasteiger partial charge on any atom is 0.387 e. The zero-order valence-electron chi connectivity index (χ0n) is 10.6. The van der Waals surface area contributed by atoms with Crippen molar-refractivity contribution < 1.29 is 13.5 Å². The van der Waals surface area contributed by atoms with E-state index in [2.05, 4.69) is 18.6 Å². The molecule has 0 fully saturated rings. The summed E-state index contributed by atoms with van der Waals surface area (Å²) in [6, 6.07) is 6.45. The van der Waals surface area contributed by atoms with E-state index >= 15 is 0 Å². The first-order valence-electron chi connectivity index (χ1n) is 5.80. The fraction of sp³-hybridized carbons (Fsp3) is 0.538. The van der Waals surface area contributed by atoms with Crippen LogP contribution < -0.4 is 10.5 Å². The van der Waals surface area contributed by atoms with Gasteiger partial charge in [0.15, 0.2) is 0 Å². The van der Waals surface area contributed by atoms with Crippen LogP contribution in [0.2, 0.25) is 0 Å². The van der Waals surface area contributed by atoms with Gasteiger partial charge < -0.3 is 10.5 Å². The van der Waals surface area contributed by atoms with E-state index in [4.69, 9.17) is 5.73 Å². The first-order chi connectivity index (χ1) is 8.00. The Morgan fingerprint density at radius 3 is 2.33 bits per heavy atom. The number of nitrogens with two attached hydrogens (primary N) is 1. The van der Waals surface area contributed by atoms with Gasteiger partial charge in [0, 0.05) is 11.6 Å². The lowest BCUT2D eigenvalue weighted by Gasteiger charge is -2.17. The van der Waals surface area contributed by atoms with Crippen molar-refractivity contribution in [2.45, 2.75) is 39.3 Å². The zero-order chi connectivity index (χ0) is 12.8. The van der Waals surface area contributed by atoms with Crippen molar-refractivity contribution in [2.24, 2.45) is 11.7 Å². The summed E-state index contributed by atoms with van der Waals surface area (Å²) in [5.74, 6) is 0.725. The van der Waals surface area contributed by atoms with Crippen LogP contribution in [-0.4, -0.2) is 6.61 Å². The minimum Gasteiger partial charge on any atom is -0.434 e. The molecule has 0 aliphatic heterocycles. The molecule has 0 amide bonds. The number of para-hydroxylation sites is 1. The Morgan fingerprint density at radius 1 is 1.17 bits per heavy atom. The van der Waals surface area contributed by atoms with Crippen molar-refractivity contribution in [1.29, 1.82) is 0 Å². The smallest absolute Gasteiger partial charge is 0.387 e. The molecule has 1 aromatic rings. The SMILES string of the molecule is CC(C)CC[C@H](N)c1ccccc1OC(F)F.Cl. The molecule has 104 valence electrons. The third-order valence-corrected chi connectivity index (χ3v) is 2.59. The average molecular weight is 280 g/mol. The molecular formula is C13H20ClF2NO. The molecule has 0 spiro atoms. The number of rotatable bonds is 6. The van der Waals surface area contributed by atoms with Gasteiger partial charge in [-0.15, -0.1) is 12.4 Å². The Hall–Kier alpha value is -0.870. The van der Waals surface area contributed by atoms with Crippen LogP contribution in [0.5, 0.6) is 5.75 Å². The van der Waals surface area contributed by atoms with E-state index in [0.717, 1.165) is 12.8 Å². The summed E-state index contributed by atoms with van der Waals surface area (Å²) in [6.45, 7) is 1.40. The molecular weight excluding hydrogens is 260 g/mol. The van der Waals surface area contributed by atoms with Gasteiger partial charge in [-0.25, -0.2) is 0 Å². The monoisotopic (exact) mass is 279 g/mol. The number of hydrogen-bond donors (Lipinski definition) is 1. The molecule has 5 heteroatoms. The molecule has 1 atom stereocenters. The number of benzene rings is 1. The van der Waals surface area contributed by atoms with E-state index in [1.807, 2.05) is 0 Å². The van der Waals surface area contributed by atoms with Crippen molar-refractivity contribution in [3.63, 3.8) is 0 Å². The second kappa shape index (κ2) is 8.27. The number of alkyl halides is 2.